The van der Waals surface area contributed by atoms with Gasteiger partial charge in [0.25, 0.3) is 0 Å². The summed E-state index contributed by atoms with van der Waals surface area (Å²) >= 11 is 0. The summed E-state index contributed by atoms with van der Waals surface area (Å²) in [6.07, 6.45) is 1.84. The Morgan fingerprint density at radius 3 is 2.79 bits per heavy atom. The van der Waals surface area contributed by atoms with Crippen LogP contribution in [0.2, 0.25) is 0 Å². The molecule has 19 heavy (non-hydrogen) atoms. The van der Waals surface area contributed by atoms with E-state index in [1.54, 1.807) is 0 Å². The molecule has 1 aromatic carbocycles. The van der Waals surface area contributed by atoms with Gasteiger partial charge < -0.3 is 9.32 Å². The lowest BCUT2D eigenvalue weighted by Gasteiger charge is -2.28. The number of rotatable bonds is 3. The third-order valence-electron chi connectivity index (χ3n) is 3.81. The van der Waals surface area contributed by atoms with Gasteiger partial charge in [-0.25, -0.2) is 4.79 Å². The van der Waals surface area contributed by atoms with E-state index in [0.717, 1.165) is 18.4 Å². The van der Waals surface area contributed by atoms with Gasteiger partial charge in [0.1, 0.15) is 0 Å². The molecule has 0 amide bonds. The Hall–Kier alpha value is -2.06. The second kappa shape index (κ2) is 3.97. The van der Waals surface area contributed by atoms with E-state index in [1.807, 2.05) is 32.3 Å². The Morgan fingerprint density at radius 2 is 2.21 bits per heavy atom. The number of aromatic nitrogens is 1. The molecule has 1 fully saturated rings. The van der Waals surface area contributed by atoms with E-state index in [-0.39, 0.29) is 11.5 Å². The fourth-order valence-electron chi connectivity index (χ4n) is 2.82. The van der Waals surface area contributed by atoms with E-state index in [1.165, 1.54) is 0 Å². The Morgan fingerprint density at radius 1 is 1.47 bits per heavy atom. The smallest absolute Gasteiger partial charge is 0.408 e. The molecule has 0 radical (unpaired) electrons. The van der Waals surface area contributed by atoms with Crippen molar-refractivity contribution >= 4 is 11.1 Å². The second-order valence-corrected chi connectivity index (χ2v) is 5.40. The quantitative estimate of drug-likeness (QED) is 0.913. The highest BCUT2D eigenvalue weighted by atomic mass is 16.4. The number of benzene rings is 1. The highest BCUT2D eigenvalue weighted by Gasteiger charge is 2.51. The zero-order valence-corrected chi connectivity index (χ0v) is 10.9. The minimum absolute atomic E-state index is 0.0297. The molecule has 0 saturated heterocycles. The molecule has 0 aliphatic heterocycles. The monoisotopic (exact) mass is 257 g/mol. The summed E-state index contributed by atoms with van der Waals surface area (Å²) in [6.45, 7) is 0. The van der Waals surface area contributed by atoms with E-state index in [2.05, 4.69) is 16.0 Å². The van der Waals surface area contributed by atoms with Gasteiger partial charge in [-0.05, 0) is 44.6 Å². The van der Waals surface area contributed by atoms with Gasteiger partial charge in [0, 0.05) is 0 Å². The summed E-state index contributed by atoms with van der Waals surface area (Å²) in [4.78, 5) is 15.9. The molecule has 1 heterocycles. The Bertz CT molecular complexity index is 716. The number of nitrogens with one attached hydrogen (secondary N) is 1. The molecule has 1 unspecified atom stereocenters. The summed E-state index contributed by atoms with van der Waals surface area (Å²) in [5, 5.41) is 9.40. The molecule has 98 valence electrons. The minimum Gasteiger partial charge on any atom is -0.408 e. The number of hydrogen-bond donors (Lipinski definition) is 1. The van der Waals surface area contributed by atoms with Crippen molar-refractivity contribution in [3.05, 3.63) is 34.3 Å². The first kappa shape index (κ1) is 12.0. The van der Waals surface area contributed by atoms with Gasteiger partial charge in [0.15, 0.2) is 5.58 Å². The summed E-state index contributed by atoms with van der Waals surface area (Å²) in [7, 11) is 3.94. The van der Waals surface area contributed by atoms with Crippen molar-refractivity contribution in [2.24, 2.45) is 5.41 Å². The number of oxazole rings is 1. The Kier molecular flexibility index (Phi) is 2.51. The van der Waals surface area contributed by atoms with Crippen LogP contribution in [0.15, 0.2) is 27.4 Å². The normalized spacial score (nSPS) is 18.4. The minimum atomic E-state index is -0.449. The number of fused-ring (bicyclic) bond motifs is 1. The third kappa shape index (κ3) is 1.85. The van der Waals surface area contributed by atoms with Crippen molar-refractivity contribution in [1.29, 1.82) is 5.26 Å². The molecule has 2 aromatic rings. The van der Waals surface area contributed by atoms with Gasteiger partial charge in [0.05, 0.1) is 23.0 Å². The largest absolute Gasteiger partial charge is 0.417 e. The lowest BCUT2D eigenvalue weighted by atomic mass is 9.90. The maximum atomic E-state index is 11.2. The number of nitrogens with zero attached hydrogens (tertiary/aromatic N) is 2. The fourth-order valence-corrected chi connectivity index (χ4v) is 2.82. The van der Waals surface area contributed by atoms with Crippen LogP contribution in [-0.4, -0.2) is 24.0 Å². The van der Waals surface area contributed by atoms with E-state index in [0.29, 0.717) is 11.1 Å². The predicted octanol–water partition coefficient (Wildman–Crippen LogP) is 2.03. The maximum Gasteiger partial charge on any atom is 0.417 e. The van der Waals surface area contributed by atoms with Crippen LogP contribution in [0.3, 0.4) is 0 Å². The van der Waals surface area contributed by atoms with E-state index in [4.69, 9.17) is 4.42 Å². The molecule has 1 aliphatic carbocycles. The standard InChI is InChI=1S/C14H15N3O2/c1-17(2)12(14(8-15)5-6-14)9-3-4-10-11(7-9)19-13(18)16-10/h3-4,7,12H,5-6H2,1-2H3,(H,16,18). The molecule has 1 N–H and O–H groups in total. The first-order chi connectivity index (χ1) is 9.05. The summed E-state index contributed by atoms with van der Waals surface area (Å²) in [6, 6.07) is 8.12. The molecule has 0 bridgehead atoms. The summed E-state index contributed by atoms with van der Waals surface area (Å²) in [5.41, 5.74) is 1.95. The van der Waals surface area contributed by atoms with E-state index in [9.17, 15) is 10.1 Å². The Labute approximate surface area is 110 Å². The molecule has 1 aromatic heterocycles. The van der Waals surface area contributed by atoms with Crippen LogP contribution in [0.25, 0.3) is 11.1 Å². The zero-order valence-electron chi connectivity index (χ0n) is 10.9. The molecule has 5 nitrogen and oxygen atoms in total. The third-order valence-corrected chi connectivity index (χ3v) is 3.81. The zero-order chi connectivity index (χ0) is 13.6. The van der Waals surface area contributed by atoms with Gasteiger partial charge >= 0.3 is 5.76 Å². The van der Waals surface area contributed by atoms with Crippen LogP contribution in [0.4, 0.5) is 0 Å². The van der Waals surface area contributed by atoms with Crippen LogP contribution in [0.5, 0.6) is 0 Å². The molecule has 5 heteroatoms. The SMILES string of the molecule is CN(C)C(c1ccc2[nH]c(=O)oc2c1)C1(C#N)CC1. The van der Waals surface area contributed by atoms with Crippen LogP contribution >= 0.6 is 0 Å². The summed E-state index contributed by atoms with van der Waals surface area (Å²) in [5.74, 6) is -0.449. The first-order valence-electron chi connectivity index (χ1n) is 6.26. The van der Waals surface area contributed by atoms with Crippen molar-refractivity contribution in [3.63, 3.8) is 0 Å². The first-order valence-corrected chi connectivity index (χ1v) is 6.26. The molecule has 0 spiro atoms. The average Bonchev–Trinajstić information content (AvgIpc) is 3.04. The average molecular weight is 257 g/mol. The highest BCUT2D eigenvalue weighted by molar-refractivity contribution is 5.73. The fraction of sp³-hybridized carbons (Fsp3) is 0.429. The van der Waals surface area contributed by atoms with Crippen molar-refractivity contribution < 1.29 is 4.42 Å². The predicted molar refractivity (Wildman–Crippen MR) is 70.5 cm³/mol. The number of aromatic amines is 1. The molecular weight excluding hydrogens is 242 g/mol. The van der Waals surface area contributed by atoms with Crippen molar-refractivity contribution in [3.8, 4) is 6.07 Å². The van der Waals surface area contributed by atoms with Crippen LogP contribution in [0, 0.1) is 16.7 Å². The lowest BCUT2D eigenvalue weighted by molar-refractivity contribution is 0.232. The van der Waals surface area contributed by atoms with Crippen molar-refractivity contribution in [1.82, 2.24) is 9.88 Å². The van der Waals surface area contributed by atoms with Gasteiger partial charge in [0.2, 0.25) is 0 Å². The topological polar surface area (TPSA) is 73.0 Å². The number of hydrogen-bond acceptors (Lipinski definition) is 4. The molecule has 1 atom stereocenters. The maximum absolute atomic E-state index is 11.2. The van der Waals surface area contributed by atoms with E-state index < -0.39 is 5.76 Å². The molecule has 1 saturated carbocycles. The van der Waals surface area contributed by atoms with Crippen molar-refractivity contribution in [2.75, 3.05) is 14.1 Å². The lowest BCUT2D eigenvalue weighted by Crippen LogP contribution is -2.27. The number of H-pyrrole nitrogens is 1. The van der Waals surface area contributed by atoms with Gasteiger partial charge in [-0.2, -0.15) is 5.26 Å². The summed E-state index contributed by atoms with van der Waals surface area (Å²) < 4.78 is 5.09. The van der Waals surface area contributed by atoms with Crippen LogP contribution < -0.4 is 5.76 Å². The van der Waals surface area contributed by atoms with Crippen LogP contribution in [0.1, 0.15) is 24.4 Å². The molecule has 1 aliphatic rings. The molecule has 3 rings (SSSR count). The number of nitriles is 1. The van der Waals surface area contributed by atoms with Gasteiger partial charge in [-0.1, -0.05) is 6.07 Å². The molecular formula is C14H15N3O2. The van der Waals surface area contributed by atoms with E-state index >= 15 is 0 Å². The van der Waals surface area contributed by atoms with Gasteiger partial charge in [-0.15, -0.1) is 0 Å². The highest BCUT2D eigenvalue weighted by Crippen LogP contribution is 2.56. The second-order valence-electron chi connectivity index (χ2n) is 5.40. The van der Waals surface area contributed by atoms with Gasteiger partial charge in [-0.3, -0.25) is 4.98 Å². The van der Waals surface area contributed by atoms with Crippen LogP contribution in [-0.2, 0) is 0 Å². The van der Waals surface area contributed by atoms with Crippen molar-refractivity contribution in [2.45, 2.75) is 18.9 Å². The Balaban J connectivity index is 2.10.